The molecule has 0 fully saturated rings. The Labute approximate surface area is 105 Å². The summed E-state index contributed by atoms with van der Waals surface area (Å²) in [5.41, 5.74) is 1.94. The third-order valence-corrected chi connectivity index (χ3v) is 3.10. The third-order valence-electron chi connectivity index (χ3n) is 1.82. The number of aryl methyl sites for hydroxylation is 1. The monoisotopic (exact) mass is 338 g/mol. The summed E-state index contributed by atoms with van der Waals surface area (Å²) in [5.74, 6) is 0. The van der Waals surface area contributed by atoms with Crippen LogP contribution in [0.15, 0.2) is 12.1 Å². The van der Waals surface area contributed by atoms with Crippen molar-refractivity contribution in [3.05, 3.63) is 31.7 Å². The second-order valence-corrected chi connectivity index (χ2v) is 4.78. The first-order chi connectivity index (χ1) is 6.58. The molecule has 1 heterocycles. The van der Waals surface area contributed by atoms with Crippen LogP contribution in [0.3, 0.4) is 0 Å². The standard InChI is InChI=1S/C9H5Cl2IN2/c1-4-2-5-7(6(12)3-4)13-9(11)14-8(5)10/h2-3H,1H3. The van der Waals surface area contributed by atoms with E-state index in [1.54, 1.807) is 0 Å². The summed E-state index contributed by atoms with van der Waals surface area (Å²) in [4.78, 5) is 8.04. The van der Waals surface area contributed by atoms with Gasteiger partial charge >= 0.3 is 0 Å². The average molecular weight is 339 g/mol. The molecule has 0 saturated heterocycles. The fourth-order valence-corrected chi connectivity index (χ4v) is 2.60. The maximum Gasteiger partial charge on any atom is 0.224 e. The molecule has 14 heavy (non-hydrogen) atoms. The smallest absolute Gasteiger partial charge is 0.217 e. The van der Waals surface area contributed by atoms with Crippen LogP contribution in [0, 0.1) is 10.5 Å². The highest BCUT2D eigenvalue weighted by molar-refractivity contribution is 14.1. The quantitative estimate of drug-likeness (QED) is 0.414. The Morgan fingerprint density at radius 2 is 1.93 bits per heavy atom. The molecule has 0 amide bonds. The number of halogens is 3. The van der Waals surface area contributed by atoms with E-state index >= 15 is 0 Å². The van der Waals surface area contributed by atoms with E-state index in [9.17, 15) is 0 Å². The van der Waals surface area contributed by atoms with Crippen molar-refractivity contribution >= 4 is 56.7 Å². The van der Waals surface area contributed by atoms with E-state index in [0.717, 1.165) is 20.0 Å². The van der Waals surface area contributed by atoms with Crippen molar-refractivity contribution < 1.29 is 0 Å². The molecule has 2 rings (SSSR count). The highest BCUT2D eigenvalue weighted by Crippen LogP contribution is 2.26. The van der Waals surface area contributed by atoms with Crippen LogP contribution in [0.2, 0.25) is 10.4 Å². The van der Waals surface area contributed by atoms with Crippen LogP contribution in [-0.4, -0.2) is 9.97 Å². The van der Waals surface area contributed by atoms with Gasteiger partial charge in [-0.3, -0.25) is 0 Å². The number of hydrogen-bond acceptors (Lipinski definition) is 2. The molecule has 1 aromatic carbocycles. The Kier molecular flexibility index (Phi) is 2.81. The van der Waals surface area contributed by atoms with Gasteiger partial charge in [-0.2, -0.15) is 0 Å². The van der Waals surface area contributed by atoms with Gasteiger partial charge < -0.3 is 0 Å². The van der Waals surface area contributed by atoms with Gasteiger partial charge in [0.25, 0.3) is 0 Å². The second kappa shape index (κ2) is 3.79. The Morgan fingerprint density at radius 3 is 2.64 bits per heavy atom. The van der Waals surface area contributed by atoms with Gasteiger partial charge in [-0.25, -0.2) is 9.97 Å². The van der Waals surface area contributed by atoms with Crippen LogP contribution in [0.1, 0.15) is 5.56 Å². The van der Waals surface area contributed by atoms with E-state index in [0.29, 0.717) is 5.15 Å². The van der Waals surface area contributed by atoms with Gasteiger partial charge in [-0.05, 0) is 58.8 Å². The largest absolute Gasteiger partial charge is 0.224 e. The van der Waals surface area contributed by atoms with Crippen molar-refractivity contribution in [2.24, 2.45) is 0 Å². The normalized spacial score (nSPS) is 10.9. The molecule has 0 unspecified atom stereocenters. The molecule has 0 aliphatic heterocycles. The lowest BCUT2D eigenvalue weighted by molar-refractivity contribution is 1.21. The summed E-state index contributed by atoms with van der Waals surface area (Å²) >= 11 is 13.9. The summed E-state index contributed by atoms with van der Waals surface area (Å²) < 4.78 is 1.03. The van der Waals surface area contributed by atoms with Crippen molar-refractivity contribution in [1.29, 1.82) is 0 Å². The molecule has 0 bridgehead atoms. The van der Waals surface area contributed by atoms with Gasteiger partial charge in [0, 0.05) is 8.96 Å². The van der Waals surface area contributed by atoms with Crippen LogP contribution < -0.4 is 0 Å². The van der Waals surface area contributed by atoms with Gasteiger partial charge in [-0.1, -0.05) is 11.6 Å². The molecule has 0 spiro atoms. The first-order valence-corrected chi connectivity index (χ1v) is 5.70. The molecule has 0 atom stereocenters. The fraction of sp³-hybridized carbons (Fsp3) is 0.111. The van der Waals surface area contributed by atoms with Crippen molar-refractivity contribution in [3.8, 4) is 0 Å². The van der Waals surface area contributed by atoms with E-state index < -0.39 is 0 Å². The Hall–Kier alpha value is -0.130. The SMILES string of the molecule is Cc1cc(I)c2nc(Cl)nc(Cl)c2c1. The zero-order valence-corrected chi connectivity index (χ0v) is 10.9. The molecular formula is C9H5Cl2IN2. The Balaban J connectivity index is 2.94. The zero-order chi connectivity index (χ0) is 10.3. The second-order valence-electron chi connectivity index (χ2n) is 2.93. The minimum absolute atomic E-state index is 0.185. The predicted molar refractivity (Wildman–Crippen MR) is 67.0 cm³/mol. The van der Waals surface area contributed by atoms with Crippen molar-refractivity contribution in [1.82, 2.24) is 9.97 Å². The van der Waals surface area contributed by atoms with E-state index in [1.165, 1.54) is 0 Å². The number of nitrogens with zero attached hydrogens (tertiary/aromatic N) is 2. The van der Waals surface area contributed by atoms with Crippen LogP contribution in [0.4, 0.5) is 0 Å². The van der Waals surface area contributed by atoms with Crippen LogP contribution in [-0.2, 0) is 0 Å². The molecule has 72 valence electrons. The first kappa shape index (κ1) is 10.4. The number of hydrogen-bond donors (Lipinski definition) is 0. The van der Waals surface area contributed by atoms with Crippen molar-refractivity contribution in [3.63, 3.8) is 0 Å². The summed E-state index contributed by atoms with van der Waals surface area (Å²) in [6.07, 6.45) is 0. The molecule has 2 aromatic rings. The summed E-state index contributed by atoms with van der Waals surface area (Å²) in [6.45, 7) is 2.01. The summed E-state index contributed by atoms with van der Waals surface area (Å²) in [6, 6.07) is 3.98. The van der Waals surface area contributed by atoms with Gasteiger partial charge in [0.05, 0.1) is 5.52 Å². The minimum atomic E-state index is 0.185. The number of fused-ring (bicyclic) bond motifs is 1. The topological polar surface area (TPSA) is 25.8 Å². The summed E-state index contributed by atoms with van der Waals surface area (Å²) in [5, 5.41) is 1.44. The minimum Gasteiger partial charge on any atom is -0.217 e. The molecule has 0 aliphatic rings. The van der Waals surface area contributed by atoms with E-state index in [-0.39, 0.29) is 5.28 Å². The lowest BCUT2D eigenvalue weighted by Crippen LogP contribution is -1.90. The lowest BCUT2D eigenvalue weighted by Gasteiger charge is -2.03. The average Bonchev–Trinajstić information content (AvgIpc) is 2.07. The third kappa shape index (κ3) is 1.81. The molecule has 1 aromatic heterocycles. The molecule has 0 N–H and O–H groups in total. The van der Waals surface area contributed by atoms with Gasteiger partial charge in [0.2, 0.25) is 5.28 Å². The van der Waals surface area contributed by atoms with Crippen molar-refractivity contribution in [2.45, 2.75) is 6.92 Å². The molecular weight excluding hydrogens is 334 g/mol. The van der Waals surface area contributed by atoms with Crippen LogP contribution >= 0.6 is 45.8 Å². The molecule has 2 nitrogen and oxygen atoms in total. The molecule has 0 radical (unpaired) electrons. The van der Waals surface area contributed by atoms with Crippen LogP contribution in [0.5, 0.6) is 0 Å². The van der Waals surface area contributed by atoms with E-state index in [2.05, 4.69) is 32.6 Å². The molecule has 0 saturated carbocycles. The highest BCUT2D eigenvalue weighted by Gasteiger charge is 2.07. The van der Waals surface area contributed by atoms with E-state index in [4.69, 9.17) is 23.2 Å². The van der Waals surface area contributed by atoms with Gasteiger partial charge in [0.15, 0.2) is 0 Å². The number of rotatable bonds is 0. The summed E-state index contributed by atoms with van der Waals surface area (Å²) in [7, 11) is 0. The molecule has 0 aliphatic carbocycles. The van der Waals surface area contributed by atoms with E-state index in [1.807, 2.05) is 19.1 Å². The zero-order valence-electron chi connectivity index (χ0n) is 7.18. The van der Waals surface area contributed by atoms with Gasteiger partial charge in [-0.15, -0.1) is 0 Å². The first-order valence-electron chi connectivity index (χ1n) is 3.87. The highest BCUT2D eigenvalue weighted by atomic mass is 127. The number of aromatic nitrogens is 2. The maximum absolute atomic E-state index is 5.97. The predicted octanol–water partition coefficient (Wildman–Crippen LogP) is 3.85. The van der Waals surface area contributed by atoms with Crippen LogP contribution in [0.25, 0.3) is 10.9 Å². The fourth-order valence-electron chi connectivity index (χ4n) is 1.26. The van der Waals surface area contributed by atoms with Gasteiger partial charge in [0.1, 0.15) is 5.15 Å². The van der Waals surface area contributed by atoms with Crippen molar-refractivity contribution in [2.75, 3.05) is 0 Å². The Morgan fingerprint density at radius 1 is 1.21 bits per heavy atom. The lowest BCUT2D eigenvalue weighted by atomic mass is 10.2. The molecule has 5 heteroatoms. The maximum atomic E-state index is 5.97. The number of benzene rings is 1. The Bertz CT molecular complexity index is 466.